The van der Waals surface area contributed by atoms with Crippen LogP contribution in [0.25, 0.3) is 42.8 Å². The number of carbonyl (C=O) groups excluding carboxylic acids is 2. The summed E-state index contributed by atoms with van der Waals surface area (Å²) in [6.07, 6.45) is 0.574. The van der Waals surface area contributed by atoms with Gasteiger partial charge >= 0.3 is 12.1 Å². The highest BCUT2D eigenvalue weighted by Gasteiger charge is 2.34. The van der Waals surface area contributed by atoms with E-state index in [1.807, 2.05) is 95.4 Å². The maximum Gasteiger partial charge on any atom is 0.410 e. The highest BCUT2D eigenvalue weighted by molar-refractivity contribution is 7.22. The molecule has 0 spiro atoms. The predicted molar refractivity (Wildman–Crippen MR) is 205 cm³/mol. The van der Waals surface area contributed by atoms with E-state index in [9.17, 15) is 9.59 Å². The lowest BCUT2D eigenvalue weighted by Crippen LogP contribution is -2.42. The van der Waals surface area contributed by atoms with E-state index in [-0.39, 0.29) is 18.6 Å². The first-order valence-corrected chi connectivity index (χ1v) is 18.7. The van der Waals surface area contributed by atoms with Crippen molar-refractivity contribution in [3.8, 4) is 21.7 Å². The fourth-order valence-electron chi connectivity index (χ4n) is 6.79. The number of likely N-dealkylation sites (tertiary alicyclic amines) is 1. The number of fused-ring (bicyclic) bond motifs is 2. The van der Waals surface area contributed by atoms with Crippen LogP contribution in [0.2, 0.25) is 5.02 Å². The number of amides is 1. The van der Waals surface area contributed by atoms with Crippen molar-refractivity contribution in [2.75, 3.05) is 19.7 Å². The molecule has 1 saturated heterocycles. The molecule has 2 atom stereocenters. The predicted octanol–water partition coefficient (Wildman–Crippen LogP) is 10.0. The molecule has 0 N–H and O–H groups in total. The van der Waals surface area contributed by atoms with Crippen LogP contribution in [0.3, 0.4) is 0 Å². The second-order valence-electron chi connectivity index (χ2n) is 15.2. The van der Waals surface area contributed by atoms with Gasteiger partial charge in [-0.05, 0) is 116 Å². The molecule has 5 aromatic rings. The van der Waals surface area contributed by atoms with Crippen molar-refractivity contribution in [1.29, 1.82) is 0 Å². The van der Waals surface area contributed by atoms with Gasteiger partial charge < -0.3 is 19.1 Å². The van der Waals surface area contributed by atoms with E-state index in [1.165, 1.54) is 0 Å². The van der Waals surface area contributed by atoms with Crippen LogP contribution in [0.15, 0.2) is 48.5 Å². The van der Waals surface area contributed by atoms with E-state index in [4.69, 9.17) is 35.9 Å². The third-order valence-electron chi connectivity index (χ3n) is 8.88. The van der Waals surface area contributed by atoms with Gasteiger partial charge in [-0.15, -0.1) is 11.3 Å². The molecule has 1 aliphatic rings. The number of hydrogen-bond donors (Lipinski definition) is 0. The van der Waals surface area contributed by atoms with Crippen LogP contribution in [0.1, 0.15) is 90.2 Å². The minimum absolute atomic E-state index is 0.0740. The molecule has 0 aliphatic carbocycles. The summed E-state index contributed by atoms with van der Waals surface area (Å²) in [5, 5.41) is 7.48. The molecule has 9 nitrogen and oxygen atoms in total. The number of benzene rings is 3. The summed E-state index contributed by atoms with van der Waals surface area (Å²) < 4.78 is 20.6. The summed E-state index contributed by atoms with van der Waals surface area (Å²) in [4.78, 5) is 33.5. The Hall–Kier alpha value is -3.99. The summed E-state index contributed by atoms with van der Waals surface area (Å²) in [5.41, 5.74) is 6.02. The highest BCUT2D eigenvalue weighted by Crippen LogP contribution is 2.45. The maximum absolute atomic E-state index is 13.6. The number of hydrogen-bond acceptors (Lipinski definition) is 8. The molecule has 1 amide bonds. The molecule has 6 rings (SSSR count). The van der Waals surface area contributed by atoms with Gasteiger partial charge in [0.15, 0.2) is 6.10 Å². The number of ether oxygens (including phenoxy) is 3. The number of carbonyl (C=O) groups is 2. The topological polar surface area (TPSA) is 95.8 Å². The fraction of sp³-hybridized carbons (Fsp3) is 0.450. The van der Waals surface area contributed by atoms with Crippen LogP contribution in [-0.4, -0.2) is 62.6 Å². The van der Waals surface area contributed by atoms with Crippen molar-refractivity contribution in [1.82, 2.24) is 19.7 Å². The molecule has 270 valence electrons. The molecule has 3 aromatic carbocycles. The monoisotopic (exact) mass is 730 g/mol. The molecule has 51 heavy (non-hydrogen) atoms. The van der Waals surface area contributed by atoms with E-state index in [2.05, 4.69) is 18.2 Å². The van der Waals surface area contributed by atoms with Crippen molar-refractivity contribution in [3.05, 3.63) is 70.4 Å². The van der Waals surface area contributed by atoms with Crippen molar-refractivity contribution >= 4 is 56.1 Å². The summed E-state index contributed by atoms with van der Waals surface area (Å²) in [7, 11) is 1.96. The summed E-state index contributed by atoms with van der Waals surface area (Å²) in [6.45, 7) is 16.7. The number of halogens is 1. The smallest absolute Gasteiger partial charge is 0.410 e. The molecule has 1 aliphatic heterocycles. The number of thiazole rings is 1. The second kappa shape index (κ2) is 14.2. The van der Waals surface area contributed by atoms with Gasteiger partial charge in [-0.2, -0.15) is 5.10 Å². The standard InChI is InChI=1S/C40H47ClN4O5S/c1-10-48-37(46)34(49-39(3,4)5)31-23(2)20-29-35(32(31)24-13-16-27(41)17-14-24)51-36(42-29)25-15-18-30-28(21-25)33(43-44(30)9)26-12-11-19-45(22-26)38(47)50-40(6,7)8/h13-18,20-21,26,34H,10-12,19,22H2,1-9H3/t26?,34-/m0/s1. The van der Waals surface area contributed by atoms with Crippen molar-refractivity contribution in [2.24, 2.45) is 7.05 Å². The lowest BCUT2D eigenvalue weighted by Gasteiger charge is -2.33. The van der Waals surface area contributed by atoms with E-state index in [0.717, 1.165) is 72.5 Å². The Morgan fingerprint density at radius 2 is 1.73 bits per heavy atom. The molecular formula is C40H47ClN4O5S. The number of aromatic nitrogens is 3. The molecule has 3 heterocycles. The lowest BCUT2D eigenvalue weighted by atomic mass is 9.91. The zero-order valence-corrected chi connectivity index (χ0v) is 32.5. The molecule has 1 unspecified atom stereocenters. The molecule has 0 radical (unpaired) electrons. The number of rotatable bonds is 7. The van der Waals surface area contributed by atoms with Crippen molar-refractivity contribution in [3.63, 3.8) is 0 Å². The largest absolute Gasteiger partial charge is 0.464 e. The first-order chi connectivity index (χ1) is 24.0. The van der Waals surface area contributed by atoms with Gasteiger partial charge in [0.05, 0.1) is 33.6 Å². The normalized spacial score (nSPS) is 16.1. The zero-order valence-electron chi connectivity index (χ0n) is 30.9. The first kappa shape index (κ1) is 36.8. The summed E-state index contributed by atoms with van der Waals surface area (Å²) in [6, 6.07) is 16.0. The molecule has 2 aromatic heterocycles. The minimum atomic E-state index is -0.949. The lowest BCUT2D eigenvalue weighted by molar-refractivity contribution is -0.166. The number of esters is 1. The second-order valence-corrected chi connectivity index (χ2v) is 16.7. The van der Waals surface area contributed by atoms with Crippen LogP contribution in [0.5, 0.6) is 0 Å². The van der Waals surface area contributed by atoms with Gasteiger partial charge in [0.1, 0.15) is 10.6 Å². The average molecular weight is 731 g/mol. The zero-order chi connectivity index (χ0) is 36.8. The SMILES string of the molecule is CCOC(=O)[C@@H](OC(C)(C)C)c1c(C)cc2nc(-c3ccc4c(c3)c(C3CCCN(C(=O)OC(C)(C)C)C3)nn4C)sc2c1-c1ccc(Cl)cc1. The van der Waals surface area contributed by atoms with Gasteiger partial charge in [0.25, 0.3) is 0 Å². The van der Waals surface area contributed by atoms with Gasteiger partial charge in [0, 0.05) is 53.2 Å². The quantitative estimate of drug-likeness (QED) is 0.154. The molecule has 0 saturated carbocycles. The third-order valence-corrected chi connectivity index (χ3v) is 10.3. The molecule has 11 heteroatoms. The van der Waals surface area contributed by atoms with E-state index in [0.29, 0.717) is 18.1 Å². The average Bonchev–Trinajstić information content (AvgIpc) is 3.63. The van der Waals surface area contributed by atoms with E-state index in [1.54, 1.807) is 18.3 Å². The Kier molecular flexibility index (Phi) is 10.2. The highest BCUT2D eigenvalue weighted by atomic mass is 35.5. The Bertz CT molecular complexity index is 2090. The van der Waals surface area contributed by atoms with Crippen LogP contribution < -0.4 is 0 Å². The molecule has 1 fully saturated rings. The van der Waals surface area contributed by atoms with Crippen LogP contribution in [0.4, 0.5) is 4.79 Å². The number of aryl methyl sites for hydroxylation is 2. The Morgan fingerprint density at radius 3 is 2.39 bits per heavy atom. The third kappa shape index (κ3) is 7.93. The van der Waals surface area contributed by atoms with E-state index >= 15 is 0 Å². The summed E-state index contributed by atoms with van der Waals surface area (Å²) in [5.74, 6) is -0.359. The van der Waals surface area contributed by atoms with Crippen LogP contribution in [0, 0.1) is 6.92 Å². The Morgan fingerprint density at radius 1 is 1.02 bits per heavy atom. The number of piperidine rings is 1. The minimum Gasteiger partial charge on any atom is -0.464 e. The van der Waals surface area contributed by atoms with Crippen LogP contribution >= 0.6 is 22.9 Å². The van der Waals surface area contributed by atoms with E-state index < -0.39 is 23.3 Å². The first-order valence-electron chi connectivity index (χ1n) is 17.5. The Labute approximate surface area is 308 Å². The maximum atomic E-state index is 13.6. The van der Waals surface area contributed by atoms with Crippen molar-refractivity contribution < 1.29 is 23.8 Å². The van der Waals surface area contributed by atoms with Gasteiger partial charge in [-0.3, -0.25) is 4.68 Å². The summed E-state index contributed by atoms with van der Waals surface area (Å²) >= 11 is 7.92. The van der Waals surface area contributed by atoms with Gasteiger partial charge in [-0.25, -0.2) is 14.6 Å². The Balaban J connectivity index is 1.47. The van der Waals surface area contributed by atoms with Crippen molar-refractivity contribution in [2.45, 2.75) is 91.5 Å². The number of nitrogens with zero attached hydrogens (tertiary/aromatic N) is 4. The molecule has 0 bridgehead atoms. The molecular weight excluding hydrogens is 684 g/mol. The van der Waals surface area contributed by atoms with Gasteiger partial charge in [-0.1, -0.05) is 23.7 Å². The fourth-order valence-corrected chi connectivity index (χ4v) is 8.04. The van der Waals surface area contributed by atoms with Gasteiger partial charge in [0.2, 0.25) is 0 Å². The van der Waals surface area contributed by atoms with Crippen LogP contribution in [-0.2, 0) is 26.1 Å².